The van der Waals surface area contributed by atoms with Crippen molar-refractivity contribution < 1.29 is 22.1 Å². The van der Waals surface area contributed by atoms with Gasteiger partial charge >= 0.3 is 0 Å². The highest BCUT2D eigenvalue weighted by Gasteiger charge is 2.36. The van der Waals surface area contributed by atoms with E-state index in [1.807, 2.05) is 38.1 Å². The van der Waals surface area contributed by atoms with Gasteiger partial charge in [0.25, 0.3) is 0 Å². The molecule has 36 heavy (non-hydrogen) atoms. The first-order valence-electron chi connectivity index (χ1n) is 11.9. The van der Waals surface area contributed by atoms with Gasteiger partial charge in [0.05, 0.1) is 5.92 Å². The SMILES string of the molecule is Cc1ccc(C)c(C=Cc2onc(C)c2S(=O)(=O)N2CCCC(C(=O)NCc3ccc(F)cc3)C2)c1. The lowest BCUT2D eigenvalue weighted by Crippen LogP contribution is -2.45. The molecule has 0 saturated carbocycles. The zero-order valence-electron chi connectivity index (χ0n) is 20.6. The molecule has 1 aliphatic heterocycles. The predicted octanol–water partition coefficient (Wildman–Crippen LogP) is 4.63. The number of hydrogen-bond donors (Lipinski definition) is 1. The highest BCUT2D eigenvalue weighted by atomic mass is 32.2. The first-order chi connectivity index (χ1) is 17.1. The van der Waals surface area contributed by atoms with E-state index >= 15 is 0 Å². The Hall–Kier alpha value is -3.30. The molecule has 0 bridgehead atoms. The number of aryl methyl sites for hydroxylation is 3. The maximum atomic E-state index is 13.6. The lowest BCUT2D eigenvalue weighted by atomic mass is 9.99. The third-order valence-corrected chi connectivity index (χ3v) is 8.44. The number of piperidine rings is 1. The molecule has 0 aliphatic carbocycles. The molecule has 1 aliphatic rings. The second-order valence-corrected chi connectivity index (χ2v) is 11.1. The highest BCUT2D eigenvalue weighted by Crippen LogP contribution is 2.29. The van der Waals surface area contributed by atoms with Gasteiger partial charge in [-0.2, -0.15) is 4.31 Å². The minimum atomic E-state index is -3.94. The van der Waals surface area contributed by atoms with E-state index in [-0.39, 0.29) is 41.2 Å². The standard InChI is InChI=1S/C27H30FN3O4S/c1-18-6-7-19(2)22(15-18)10-13-25-26(20(3)30-35-25)36(33,34)31-14-4-5-23(17-31)27(32)29-16-21-8-11-24(28)12-9-21/h6-13,15,23H,4-5,14,16-17H2,1-3H3,(H,29,32). The van der Waals surface area contributed by atoms with Gasteiger partial charge in [-0.3, -0.25) is 4.79 Å². The molecule has 7 nitrogen and oxygen atoms in total. The van der Waals surface area contributed by atoms with Crippen LogP contribution in [0.3, 0.4) is 0 Å². The predicted molar refractivity (Wildman–Crippen MR) is 136 cm³/mol. The Bertz CT molecular complexity index is 1380. The van der Waals surface area contributed by atoms with Gasteiger partial charge in [0.1, 0.15) is 11.5 Å². The number of carbonyl (C=O) groups excluding carboxylic acids is 1. The van der Waals surface area contributed by atoms with Crippen molar-refractivity contribution in [2.24, 2.45) is 5.92 Å². The molecule has 4 rings (SSSR count). The van der Waals surface area contributed by atoms with E-state index in [2.05, 4.69) is 10.5 Å². The Labute approximate surface area is 211 Å². The Morgan fingerprint density at radius 3 is 2.67 bits per heavy atom. The largest absolute Gasteiger partial charge is 0.355 e. The summed E-state index contributed by atoms with van der Waals surface area (Å²) in [5, 5.41) is 6.76. The lowest BCUT2D eigenvalue weighted by Gasteiger charge is -2.31. The Morgan fingerprint density at radius 1 is 1.17 bits per heavy atom. The van der Waals surface area contributed by atoms with E-state index in [1.165, 1.54) is 16.4 Å². The molecule has 190 valence electrons. The van der Waals surface area contributed by atoms with Crippen molar-refractivity contribution in [1.29, 1.82) is 0 Å². The highest BCUT2D eigenvalue weighted by molar-refractivity contribution is 7.89. The van der Waals surface area contributed by atoms with Gasteiger partial charge in [0.15, 0.2) is 10.7 Å². The number of nitrogens with one attached hydrogen (secondary N) is 1. The fourth-order valence-electron chi connectivity index (χ4n) is 4.34. The smallest absolute Gasteiger partial charge is 0.248 e. The van der Waals surface area contributed by atoms with Gasteiger partial charge in [-0.1, -0.05) is 47.1 Å². The van der Waals surface area contributed by atoms with Crippen molar-refractivity contribution in [1.82, 2.24) is 14.8 Å². The molecule has 0 radical (unpaired) electrons. The number of aromatic nitrogens is 1. The minimum absolute atomic E-state index is 0.0245. The topological polar surface area (TPSA) is 92.5 Å². The second-order valence-electron chi connectivity index (χ2n) is 9.20. The molecule has 1 N–H and O–H groups in total. The van der Waals surface area contributed by atoms with Gasteiger partial charge in [-0.05, 0) is 68.5 Å². The monoisotopic (exact) mass is 511 g/mol. The van der Waals surface area contributed by atoms with E-state index in [9.17, 15) is 17.6 Å². The van der Waals surface area contributed by atoms with Crippen molar-refractivity contribution in [3.63, 3.8) is 0 Å². The van der Waals surface area contributed by atoms with E-state index < -0.39 is 15.9 Å². The van der Waals surface area contributed by atoms with Crippen molar-refractivity contribution in [2.45, 2.75) is 45.1 Å². The van der Waals surface area contributed by atoms with Gasteiger partial charge in [-0.15, -0.1) is 0 Å². The minimum Gasteiger partial charge on any atom is -0.355 e. The maximum absolute atomic E-state index is 13.6. The van der Waals surface area contributed by atoms with Crippen LogP contribution in [0.4, 0.5) is 4.39 Å². The van der Waals surface area contributed by atoms with Crippen LogP contribution >= 0.6 is 0 Å². The molecule has 1 aromatic heterocycles. The number of hydrogen-bond acceptors (Lipinski definition) is 5. The average Bonchev–Trinajstić information content (AvgIpc) is 3.25. The zero-order valence-corrected chi connectivity index (χ0v) is 21.4. The second kappa shape index (κ2) is 10.8. The normalized spacial score (nSPS) is 16.9. The fraction of sp³-hybridized carbons (Fsp3) is 0.333. The molecule has 1 fully saturated rings. The zero-order chi connectivity index (χ0) is 25.9. The molecular formula is C27H30FN3O4S. The molecule has 1 amide bonds. The van der Waals surface area contributed by atoms with Gasteiger partial charge in [-0.25, -0.2) is 12.8 Å². The number of benzene rings is 2. The van der Waals surface area contributed by atoms with Crippen LogP contribution in [-0.4, -0.2) is 36.9 Å². The third-order valence-electron chi connectivity index (χ3n) is 6.42. The van der Waals surface area contributed by atoms with Crippen LogP contribution in [0, 0.1) is 32.5 Å². The van der Waals surface area contributed by atoms with Gasteiger partial charge < -0.3 is 9.84 Å². The van der Waals surface area contributed by atoms with Crippen LogP contribution in [0.25, 0.3) is 12.2 Å². The number of nitrogens with zero attached hydrogens (tertiary/aromatic N) is 2. The van der Waals surface area contributed by atoms with Crippen molar-refractivity contribution >= 4 is 28.1 Å². The number of sulfonamides is 1. The van der Waals surface area contributed by atoms with E-state index in [1.54, 1.807) is 25.1 Å². The van der Waals surface area contributed by atoms with Gasteiger partial charge in [0.2, 0.25) is 15.9 Å². The summed E-state index contributed by atoms with van der Waals surface area (Å²) in [6.45, 7) is 6.21. The van der Waals surface area contributed by atoms with Crippen LogP contribution < -0.4 is 5.32 Å². The molecule has 9 heteroatoms. The fourth-order valence-corrected chi connectivity index (χ4v) is 6.12. The van der Waals surface area contributed by atoms with Crippen LogP contribution in [0.5, 0.6) is 0 Å². The summed E-state index contributed by atoms with van der Waals surface area (Å²) < 4.78 is 47.1. The van der Waals surface area contributed by atoms with Crippen LogP contribution in [0.15, 0.2) is 51.9 Å². The Balaban J connectivity index is 1.49. The summed E-state index contributed by atoms with van der Waals surface area (Å²) in [5.74, 6) is -0.888. The van der Waals surface area contributed by atoms with Crippen LogP contribution in [0.1, 0.15) is 46.5 Å². The summed E-state index contributed by atoms with van der Waals surface area (Å²) in [7, 11) is -3.94. The summed E-state index contributed by atoms with van der Waals surface area (Å²) >= 11 is 0. The molecule has 2 aromatic carbocycles. The number of carbonyl (C=O) groups is 1. The Kier molecular flexibility index (Phi) is 7.70. The summed E-state index contributed by atoms with van der Waals surface area (Å²) in [4.78, 5) is 12.8. The van der Waals surface area contributed by atoms with Crippen molar-refractivity contribution in [3.05, 3.63) is 82.0 Å². The van der Waals surface area contributed by atoms with E-state index in [0.717, 1.165) is 22.3 Å². The average molecular weight is 512 g/mol. The molecule has 0 spiro atoms. The van der Waals surface area contributed by atoms with Gasteiger partial charge in [0, 0.05) is 19.6 Å². The quantitative estimate of drug-likeness (QED) is 0.500. The molecule has 2 heterocycles. The lowest BCUT2D eigenvalue weighted by molar-refractivity contribution is -0.126. The Morgan fingerprint density at radius 2 is 1.92 bits per heavy atom. The van der Waals surface area contributed by atoms with Crippen molar-refractivity contribution in [3.8, 4) is 0 Å². The van der Waals surface area contributed by atoms with E-state index in [4.69, 9.17) is 4.52 Å². The molecule has 1 saturated heterocycles. The molecule has 3 aromatic rings. The molecule has 1 atom stereocenters. The third kappa shape index (κ3) is 5.74. The maximum Gasteiger partial charge on any atom is 0.248 e. The summed E-state index contributed by atoms with van der Waals surface area (Å²) in [6.07, 6.45) is 4.60. The summed E-state index contributed by atoms with van der Waals surface area (Å²) in [5.41, 5.74) is 4.16. The number of halogens is 1. The molecule has 1 unspecified atom stereocenters. The summed E-state index contributed by atoms with van der Waals surface area (Å²) in [6, 6.07) is 11.9. The first kappa shape index (κ1) is 25.8. The van der Waals surface area contributed by atoms with Crippen molar-refractivity contribution in [2.75, 3.05) is 13.1 Å². The van der Waals surface area contributed by atoms with Crippen LogP contribution in [-0.2, 0) is 21.4 Å². The van der Waals surface area contributed by atoms with E-state index in [0.29, 0.717) is 19.4 Å². The number of amides is 1. The molecular weight excluding hydrogens is 481 g/mol. The van der Waals surface area contributed by atoms with Crippen LogP contribution in [0.2, 0.25) is 0 Å². The number of rotatable bonds is 7. The first-order valence-corrected chi connectivity index (χ1v) is 13.3.